The molecule has 2 aliphatic rings. The maximum absolute atomic E-state index is 13.5. The van der Waals surface area contributed by atoms with Crippen molar-refractivity contribution in [2.75, 3.05) is 35.3 Å². The number of hydrogen-bond donors (Lipinski definition) is 2. The summed E-state index contributed by atoms with van der Waals surface area (Å²) in [5.74, 6) is -0.115. The molecule has 29 heavy (non-hydrogen) atoms. The number of aryl methyl sites for hydroxylation is 1. The number of halogens is 3. The molecule has 0 bridgehead atoms. The Morgan fingerprint density at radius 1 is 1.31 bits per heavy atom. The van der Waals surface area contributed by atoms with Crippen molar-refractivity contribution in [1.82, 2.24) is 9.97 Å². The highest BCUT2D eigenvalue weighted by Gasteiger charge is 2.38. The summed E-state index contributed by atoms with van der Waals surface area (Å²) < 4.78 is 45.9. The third-order valence-corrected chi connectivity index (χ3v) is 4.97. The summed E-state index contributed by atoms with van der Waals surface area (Å²) in [5.41, 5.74) is 1.46. The molecule has 0 saturated carbocycles. The first kappa shape index (κ1) is 19.4. The van der Waals surface area contributed by atoms with E-state index in [1.54, 1.807) is 24.0 Å². The van der Waals surface area contributed by atoms with Gasteiger partial charge in [-0.25, -0.2) is 4.98 Å². The van der Waals surface area contributed by atoms with E-state index in [4.69, 9.17) is 4.74 Å². The highest BCUT2D eigenvalue weighted by Crippen LogP contribution is 2.37. The minimum absolute atomic E-state index is 0.0337. The van der Waals surface area contributed by atoms with Gasteiger partial charge in [0.1, 0.15) is 11.4 Å². The van der Waals surface area contributed by atoms with Gasteiger partial charge in [-0.1, -0.05) is 0 Å². The van der Waals surface area contributed by atoms with Crippen LogP contribution in [-0.4, -0.2) is 41.7 Å². The molecular formula is C19H20F3N5O2. The van der Waals surface area contributed by atoms with E-state index in [0.29, 0.717) is 38.3 Å². The fourth-order valence-corrected chi connectivity index (χ4v) is 3.48. The van der Waals surface area contributed by atoms with E-state index in [9.17, 15) is 18.0 Å². The van der Waals surface area contributed by atoms with Crippen molar-refractivity contribution in [3.8, 4) is 0 Å². The van der Waals surface area contributed by atoms with Crippen molar-refractivity contribution >= 4 is 29.0 Å². The first-order valence-electron chi connectivity index (χ1n) is 9.29. The van der Waals surface area contributed by atoms with Gasteiger partial charge in [0.05, 0.1) is 19.3 Å². The van der Waals surface area contributed by atoms with Crippen LogP contribution in [0.2, 0.25) is 0 Å². The first-order chi connectivity index (χ1) is 13.8. The Kier molecular flexibility index (Phi) is 5.03. The quantitative estimate of drug-likeness (QED) is 0.813. The van der Waals surface area contributed by atoms with Crippen molar-refractivity contribution in [3.05, 3.63) is 35.5 Å². The maximum Gasteiger partial charge on any atom is 0.421 e. The number of carbonyl (C=O) groups is 1. The van der Waals surface area contributed by atoms with Crippen LogP contribution >= 0.6 is 0 Å². The van der Waals surface area contributed by atoms with Crippen molar-refractivity contribution < 1.29 is 22.7 Å². The predicted octanol–water partition coefficient (Wildman–Crippen LogP) is 3.35. The van der Waals surface area contributed by atoms with Crippen LogP contribution in [0.4, 0.5) is 36.3 Å². The van der Waals surface area contributed by atoms with E-state index in [-0.39, 0.29) is 23.7 Å². The molecular weight excluding hydrogens is 387 g/mol. The molecule has 2 aromatic rings. The lowest BCUT2D eigenvalue weighted by Gasteiger charge is -2.35. The SMILES string of the molecule is C[C@@H]1COCCN1c1nc(Nc2ccc3c(c2)CCC(=O)N3)ncc1C(F)(F)F. The lowest BCUT2D eigenvalue weighted by Crippen LogP contribution is -2.45. The van der Waals surface area contributed by atoms with Crippen molar-refractivity contribution in [2.45, 2.75) is 32.0 Å². The fraction of sp³-hybridized carbons (Fsp3) is 0.421. The number of carbonyl (C=O) groups excluding carboxylic acids is 1. The summed E-state index contributed by atoms with van der Waals surface area (Å²) in [7, 11) is 0. The summed E-state index contributed by atoms with van der Waals surface area (Å²) in [5, 5.41) is 5.77. The third-order valence-electron chi connectivity index (χ3n) is 4.97. The molecule has 1 aromatic carbocycles. The predicted molar refractivity (Wildman–Crippen MR) is 101 cm³/mol. The third kappa shape index (κ3) is 4.12. The molecule has 2 aliphatic heterocycles. The molecule has 2 N–H and O–H groups in total. The number of alkyl halides is 3. The number of ether oxygens (including phenoxy) is 1. The van der Waals surface area contributed by atoms with Crippen LogP contribution in [-0.2, 0) is 22.1 Å². The van der Waals surface area contributed by atoms with E-state index in [1.165, 1.54) is 0 Å². The molecule has 3 heterocycles. The van der Waals surface area contributed by atoms with E-state index in [1.807, 2.05) is 6.07 Å². The highest BCUT2D eigenvalue weighted by molar-refractivity contribution is 5.94. The molecule has 154 valence electrons. The van der Waals surface area contributed by atoms with Crippen molar-refractivity contribution in [1.29, 1.82) is 0 Å². The van der Waals surface area contributed by atoms with E-state index >= 15 is 0 Å². The van der Waals surface area contributed by atoms with Gasteiger partial charge < -0.3 is 20.3 Å². The average Bonchev–Trinajstić information content (AvgIpc) is 2.67. The second kappa shape index (κ2) is 7.51. The zero-order chi connectivity index (χ0) is 20.6. The molecule has 0 unspecified atom stereocenters. The average molecular weight is 407 g/mol. The molecule has 1 saturated heterocycles. The molecule has 1 amide bonds. The van der Waals surface area contributed by atoms with E-state index < -0.39 is 11.7 Å². The number of anilines is 4. The molecule has 1 fully saturated rings. The van der Waals surface area contributed by atoms with Gasteiger partial charge >= 0.3 is 6.18 Å². The van der Waals surface area contributed by atoms with Gasteiger partial charge in [-0.3, -0.25) is 4.79 Å². The van der Waals surface area contributed by atoms with Crippen LogP contribution in [0.3, 0.4) is 0 Å². The molecule has 1 aromatic heterocycles. The Balaban J connectivity index is 1.65. The number of aromatic nitrogens is 2. The van der Waals surface area contributed by atoms with Crippen molar-refractivity contribution in [2.24, 2.45) is 0 Å². The van der Waals surface area contributed by atoms with Crippen molar-refractivity contribution in [3.63, 3.8) is 0 Å². The topological polar surface area (TPSA) is 79.4 Å². The summed E-state index contributed by atoms with van der Waals surface area (Å²) in [6.45, 7) is 2.79. The number of rotatable bonds is 3. The van der Waals surface area contributed by atoms with Gasteiger partial charge in [0.2, 0.25) is 11.9 Å². The number of amides is 1. The van der Waals surface area contributed by atoms with Crippen LogP contribution in [0, 0.1) is 0 Å². The maximum atomic E-state index is 13.5. The zero-order valence-electron chi connectivity index (χ0n) is 15.7. The van der Waals surface area contributed by atoms with Crippen LogP contribution < -0.4 is 15.5 Å². The van der Waals surface area contributed by atoms with Crippen LogP contribution in [0.25, 0.3) is 0 Å². The molecule has 0 aliphatic carbocycles. The second-order valence-corrected chi connectivity index (χ2v) is 7.09. The number of benzene rings is 1. The van der Waals surface area contributed by atoms with Gasteiger partial charge in [-0.05, 0) is 37.1 Å². The minimum atomic E-state index is -4.56. The normalized spacial score (nSPS) is 19.5. The molecule has 0 spiro atoms. The molecule has 7 nitrogen and oxygen atoms in total. The lowest BCUT2D eigenvalue weighted by molar-refractivity contribution is -0.137. The number of fused-ring (bicyclic) bond motifs is 1. The van der Waals surface area contributed by atoms with Gasteiger partial charge in [0.15, 0.2) is 0 Å². The summed E-state index contributed by atoms with van der Waals surface area (Å²) in [6, 6.07) is 5.08. The molecule has 4 rings (SSSR count). The summed E-state index contributed by atoms with van der Waals surface area (Å²) >= 11 is 0. The number of nitrogens with one attached hydrogen (secondary N) is 2. The number of morpholine rings is 1. The number of hydrogen-bond acceptors (Lipinski definition) is 6. The van der Waals surface area contributed by atoms with Gasteiger partial charge in [0.25, 0.3) is 0 Å². The largest absolute Gasteiger partial charge is 0.421 e. The molecule has 10 heteroatoms. The minimum Gasteiger partial charge on any atom is -0.377 e. The van der Waals surface area contributed by atoms with Gasteiger partial charge in [-0.15, -0.1) is 0 Å². The van der Waals surface area contributed by atoms with Crippen LogP contribution in [0.5, 0.6) is 0 Å². The van der Waals surface area contributed by atoms with E-state index in [2.05, 4.69) is 20.6 Å². The summed E-state index contributed by atoms with van der Waals surface area (Å²) in [6.07, 6.45) is -2.76. The molecule has 0 radical (unpaired) electrons. The highest BCUT2D eigenvalue weighted by atomic mass is 19.4. The Morgan fingerprint density at radius 2 is 2.14 bits per heavy atom. The molecule has 1 atom stereocenters. The summed E-state index contributed by atoms with van der Waals surface area (Å²) in [4.78, 5) is 21.1. The number of nitrogens with zero attached hydrogens (tertiary/aromatic N) is 3. The van der Waals surface area contributed by atoms with Gasteiger partial charge in [0, 0.05) is 30.5 Å². The van der Waals surface area contributed by atoms with Crippen LogP contribution in [0.1, 0.15) is 24.5 Å². The fourth-order valence-electron chi connectivity index (χ4n) is 3.48. The van der Waals surface area contributed by atoms with Gasteiger partial charge in [-0.2, -0.15) is 18.2 Å². The smallest absolute Gasteiger partial charge is 0.377 e. The Hall–Kier alpha value is -2.88. The standard InChI is InChI=1S/C19H20F3N5O2/c1-11-10-29-7-6-27(11)17-14(19(20,21)22)9-23-18(26-17)24-13-3-4-15-12(8-13)2-5-16(28)25-15/h3-4,8-9,11H,2,5-7,10H2,1H3,(H,25,28)(H,23,24,26)/t11-/m1/s1. The monoisotopic (exact) mass is 407 g/mol. The Labute approximate surface area is 165 Å². The lowest BCUT2D eigenvalue weighted by atomic mass is 10.0. The van der Waals surface area contributed by atoms with E-state index in [0.717, 1.165) is 17.4 Å². The first-order valence-corrected chi connectivity index (χ1v) is 9.29. The Bertz CT molecular complexity index is 935. The zero-order valence-corrected chi connectivity index (χ0v) is 15.7. The van der Waals surface area contributed by atoms with Crippen LogP contribution in [0.15, 0.2) is 24.4 Å². The second-order valence-electron chi connectivity index (χ2n) is 7.09. The Morgan fingerprint density at radius 3 is 2.90 bits per heavy atom.